The summed E-state index contributed by atoms with van der Waals surface area (Å²) in [6.45, 7) is 2.21. The molecule has 0 N–H and O–H groups in total. The summed E-state index contributed by atoms with van der Waals surface area (Å²) in [4.78, 5) is 2.25. The first-order valence-corrected chi connectivity index (χ1v) is 7.47. The molecule has 0 spiro atoms. The van der Waals surface area contributed by atoms with Gasteiger partial charge in [0.15, 0.2) is 0 Å². The van der Waals surface area contributed by atoms with Crippen LogP contribution in [0.2, 0.25) is 5.02 Å². The van der Waals surface area contributed by atoms with Gasteiger partial charge in [0.05, 0.1) is 0 Å². The van der Waals surface area contributed by atoms with Gasteiger partial charge in [-0.05, 0) is 36.9 Å². The normalized spacial score (nSPS) is 12.6. The van der Waals surface area contributed by atoms with Gasteiger partial charge in [0, 0.05) is 35.4 Å². The zero-order chi connectivity index (χ0) is 12.1. The highest BCUT2D eigenvalue weighted by molar-refractivity contribution is 7.98. The fraction of sp³-hybridized carbons (Fsp3) is 0.500. The maximum absolute atomic E-state index is 5.96. The van der Waals surface area contributed by atoms with E-state index in [9.17, 15) is 0 Å². The molecule has 1 unspecified atom stereocenters. The van der Waals surface area contributed by atoms with Crippen LogP contribution in [0.25, 0.3) is 0 Å². The molecular formula is C12H17Cl2NS. The van der Waals surface area contributed by atoms with Crippen LogP contribution in [-0.4, -0.2) is 25.1 Å². The van der Waals surface area contributed by atoms with Crippen LogP contribution in [0.15, 0.2) is 18.2 Å². The van der Waals surface area contributed by atoms with Crippen molar-refractivity contribution in [2.75, 3.05) is 24.0 Å². The standard InChI is InChI=1S/C12H17Cl2NS/c1-9(8-16-3)15(2)12-5-4-11(14)6-10(12)7-13/h4-6,9H,7-8H2,1-3H3. The monoisotopic (exact) mass is 277 g/mol. The number of rotatable bonds is 5. The molecule has 0 aliphatic rings. The van der Waals surface area contributed by atoms with E-state index < -0.39 is 0 Å². The first kappa shape index (κ1) is 14.0. The summed E-state index contributed by atoms with van der Waals surface area (Å²) < 4.78 is 0. The molecule has 0 heterocycles. The molecule has 0 aromatic heterocycles. The summed E-state index contributed by atoms with van der Waals surface area (Å²) in [5.41, 5.74) is 2.26. The quantitative estimate of drug-likeness (QED) is 0.740. The first-order valence-electron chi connectivity index (χ1n) is 5.16. The van der Waals surface area contributed by atoms with Gasteiger partial charge in [-0.25, -0.2) is 0 Å². The van der Waals surface area contributed by atoms with E-state index in [1.165, 1.54) is 5.69 Å². The van der Waals surface area contributed by atoms with Gasteiger partial charge in [0.2, 0.25) is 0 Å². The lowest BCUT2D eigenvalue weighted by Gasteiger charge is -2.28. The molecule has 1 nitrogen and oxygen atoms in total. The molecule has 1 aromatic carbocycles. The Hall–Kier alpha value is -0.0500. The Bertz CT molecular complexity index is 344. The number of benzene rings is 1. The van der Waals surface area contributed by atoms with E-state index in [2.05, 4.69) is 25.1 Å². The number of thioether (sulfide) groups is 1. The second-order valence-electron chi connectivity index (χ2n) is 3.82. The summed E-state index contributed by atoms with van der Waals surface area (Å²) in [5.74, 6) is 1.59. The highest BCUT2D eigenvalue weighted by atomic mass is 35.5. The van der Waals surface area contributed by atoms with Crippen molar-refractivity contribution in [3.05, 3.63) is 28.8 Å². The Morgan fingerprint density at radius 3 is 2.69 bits per heavy atom. The first-order chi connectivity index (χ1) is 7.60. The van der Waals surface area contributed by atoms with Crippen LogP contribution in [0.1, 0.15) is 12.5 Å². The van der Waals surface area contributed by atoms with Gasteiger partial charge in [0.25, 0.3) is 0 Å². The second-order valence-corrected chi connectivity index (χ2v) is 5.44. The van der Waals surface area contributed by atoms with E-state index in [1.54, 1.807) is 0 Å². The number of hydrogen-bond acceptors (Lipinski definition) is 2. The van der Waals surface area contributed by atoms with Crippen molar-refractivity contribution < 1.29 is 0 Å². The zero-order valence-corrected chi connectivity index (χ0v) is 12.2. The predicted octanol–water partition coefficient (Wildman–Crippen LogP) is 4.27. The van der Waals surface area contributed by atoms with Crippen molar-refractivity contribution in [1.29, 1.82) is 0 Å². The molecule has 1 aromatic rings. The Morgan fingerprint density at radius 1 is 1.44 bits per heavy atom. The summed E-state index contributed by atoms with van der Waals surface area (Å²) >= 11 is 13.7. The Morgan fingerprint density at radius 2 is 2.12 bits per heavy atom. The van der Waals surface area contributed by atoms with E-state index in [0.717, 1.165) is 16.3 Å². The summed E-state index contributed by atoms with van der Waals surface area (Å²) in [7, 11) is 2.10. The molecule has 0 aliphatic heterocycles. The Kier molecular flexibility index (Phi) is 5.81. The third-order valence-corrected chi connectivity index (χ3v) is 3.97. The summed E-state index contributed by atoms with van der Waals surface area (Å²) in [6, 6.07) is 6.37. The molecule has 1 rings (SSSR count). The SMILES string of the molecule is CSCC(C)N(C)c1ccc(Cl)cc1CCl. The van der Waals surface area contributed by atoms with Crippen LogP contribution in [0.4, 0.5) is 5.69 Å². The average Bonchev–Trinajstić information content (AvgIpc) is 2.28. The minimum absolute atomic E-state index is 0.484. The molecule has 0 fully saturated rings. The summed E-state index contributed by atoms with van der Waals surface area (Å²) in [5, 5.41) is 0.741. The van der Waals surface area contributed by atoms with Crippen LogP contribution in [0, 0.1) is 0 Å². The van der Waals surface area contributed by atoms with Gasteiger partial charge >= 0.3 is 0 Å². The van der Waals surface area contributed by atoms with E-state index >= 15 is 0 Å². The molecule has 1 atom stereocenters. The van der Waals surface area contributed by atoms with Gasteiger partial charge < -0.3 is 4.90 Å². The molecule has 0 aliphatic carbocycles. The van der Waals surface area contributed by atoms with Gasteiger partial charge in [0.1, 0.15) is 0 Å². The van der Waals surface area contributed by atoms with Crippen molar-refractivity contribution in [3.63, 3.8) is 0 Å². The van der Waals surface area contributed by atoms with Gasteiger partial charge in [-0.3, -0.25) is 0 Å². The zero-order valence-electron chi connectivity index (χ0n) is 9.84. The minimum Gasteiger partial charge on any atom is -0.371 e. The van der Waals surface area contributed by atoms with Crippen molar-refractivity contribution in [3.8, 4) is 0 Å². The lowest BCUT2D eigenvalue weighted by Crippen LogP contribution is -2.31. The number of anilines is 1. The second kappa shape index (κ2) is 6.63. The highest BCUT2D eigenvalue weighted by Gasteiger charge is 2.12. The van der Waals surface area contributed by atoms with Crippen molar-refractivity contribution in [2.24, 2.45) is 0 Å². The Balaban J connectivity index is 2.93. The van der Waals surface area contributed by atoms with Crippen LogP contribution < -0.4 is 4.90 Å². The third-order valence-electron chi connectivity index (χ3n) is 2.63. The largest absolute Gasteiger partial charge is 0.371 e. The molecule has 16 heavy (non-hydrogen) atoms. The average molecular weight is 278 g/mol. The maximum Gasteiger partial charge on any atom is 0.0495 e. The van der Waals surface area contributed by atoms with Crippen LogP contribution >= 0.6 is 35.0 Å². The van der Waals surface area contributed by atoms with Crippen LogP contribution in [0.5, 0.6) is 0 Å². The molecule has 0 amide bonds. The van der Waals surface area contributed by atoms with Gasteiger partial charge in [-0.15, -0.1) is 11.6 Å². The predicted molar refractivity (Wildman–Crippen MR) is 77.3 cm³/mol. The summed E-state index contributed by atoms with van der Waals surface area (Å²) in [6.07, 6.45) is 2.12. The van der Waals surface area contributed by atoms with Crippen LogP contribution in [0.3, 0.4) is 0 Å². The van der Waals surface area contributed by atoms with E-state index in [4.69, 9.17) is 23.2 Å². The minimum atomic E-state index is 0.484. The van der Waals surface area contributed by atoms with Crippen molar-refractivity contribution in [1.82, 2.24) is 0 Å². The molecule has 0 bridgehead atoms. The number of hydrogen-bond donors (Lipinski definition) is 0. The molecule has 90 valence electrons. The molecule has 4 heteroatoms. The third kappa shape index (κ3) is 3.47. The smallest absolute Gasteiger partial charge is 0.0495 e. The van der Waals surface area contributed by atoms with Crippen molar-refractivity contribution in [2.45, 2.75) is 18.8 Å². The topological polar surface area (TPSA) is 3.24 Å². The number of nitrogens with zero attached hydrogens (tertiary/aromatic N) is 1. The van der Waals surface area contributed by atoms with Crippen LogP contribution in [-0.2, 0) is 5.88 Å². The fourth-order valence-electron chi connectivity index (χ4n) is 1.60. The van der Waals surface area contributed by atoms with Gasteiger partial charge in [-0.1, -0.05) is 11.6 Å². The lowest BCUT2D eigenvalue weighted by atomic mass is 10.1. The molecule has 0 radical (unpaired) electrons. The molecule has 0 saturated heterocycles. The fourth-order valence-corrected chi connectivity index (χ4v) is 2.71. The number of halogens is 2. The van der Waals surface area contributed by atoms with Crippen molar-refractivity contribution >= 4 is 40.7 Å². The molecular weight excluding hydrogens is 261 g/mol. The lowest BCUT2D eigenvalue weighted by molar-refractivity contribution is 0.762. The maximum atomic E-state index is 5.96. The van der Waals surface area contributed by atoms with E-state index in [-0.39, 0.29) is 0 Å². The van der Waals surface area contributed by atoms with E-state index in [0.29, 0.717) is 11.9 Å². The molecule has 0 saturated carbocycles. The highest BCUT2D eigenvalue weighted by Crippen LogP contribution is 2.26. The van der Waals surface area contributed by atoms with Gasteiger partial charge in [-0.2, -0.15) is 11.8 Å². The Labute approximate surface area is 112 Å². The number of alkyl halides is 1. The van der Waals surface area contributed by atoms with E-state index in [1.807, 2.05) is 30.0 Å².